The fraction of sp³-hybridized carbons (Fsp3) is 0.333. The summed E-state index contributed by atoms with van der Waals surface area (Å²) < 4.78 is 16.5. The molecule has 0 atom stereocenters. The average molecular weight is 491 g/mol. The number of aryl methyl sites for hydroxylation is 1. The number of carbonyl (C=O) groups excluding carboxylic acids is 2. The SMILES string of the molecule is COc1ccc(C)cc1NC(=O)Nc1ccc(-c2cnc(OC3CCC(OC(C)=O)CC3)nc2)cc1. The standard InChI is InChI=1S/C27H30N4O5/c1-17-4-13-25(34-3)24(14-17)31-26(33)30-21-7-5-19(6-8-21)20-15-28-27(29-16-20)36-23-11-9-22(10-12-23)35-18(2)32/h4-8,13-16,22-23H,9-12H2,1-3H3,(H2,30,31,33). The van der Waals surface area contributed by atoms with Gasteiger partial charge in [-0.1, -0.05) is 18.2 Å². The van der Waals surface area contributed by atoms with E-state index in [1.807, 2.05) is 49.4 Å². The highest BCUT2D eigenvalue weighted by Crippen LogP contribution is 2.27. The zero-order chi connectivity index (χ0) is 25.5. The Balaban J connectivity index is 1.30. The molecule has 9 nitrogen and oxygen atoms in total. The normalized spacial score (nSPS) is 17.1. The number of anilines is 2. The molecule has 0 radical (unpaired) electrons. The van der Waals surface area contributed by atoms with Crippen molar-refractivity contribution in [1.82, 2.24) is 9.97 Å². The van der Waals surface area contributed by atoms with Crippen LogP contribution in [0.5, 0.6) is 11.8 Å². The van der Waals surface area contributed by atoms with Crippen molar-refractivity contribution in [1.29, 1.82) is 0 Å². The first-order valence-electron chi connectivity index (χ1n) is 11.9. The number of urea groups is 1. The summed E-state index contributed by atoms with van der Waals surface area (Å²) in [6, 6.07) is 13.0. The smallest absolute Gasteiger partial charge is 0.323 e. The summed E-state index contributed by atoms with van der Waals surface area (Å²) in [5, 5.41) is 5.64. The predicted octanol–water partition coefficient (Wildman–Crippen LogP) is 5.36. The molecule has 1 fully saturated rings. The predicted molar refractivity (Wildman–Crippen MR) is 136 cm³/mol. The van der Waals surface area contributed by atoms with Crippen molar-refractivity contribution in [2.75, 3.05) is 17.7 Å². The van der Waals surface area contributed by atoms with Crippen molar-refractivity contribution in [3.05, 3.63) is 60.4 Å². The molecule has 0 spiro atoms. The third-order valence-electron chi connectivity index (χ3n) is 5.93. The fourth-order valence-electron chi connectivity index (χ4n) is 4.13. The zero-order valence-corrected chi connectivity index (χ0v) is 20.6. The Labute approximate surface area is 210 Å². The number of nitrogens with one attached hydrogen (secondary N) is 2. The Morgan fingerprint density at radius 1 is 0.889 bits per heavy atom. The summed E-state index contributed by atoms with van der Waals surface area (Å²) in [5.41, 5.74) is 4.01. The monoisotopic (exact) mass is 490 g/mol. The third-order valence-corrected chi connectivity index (χ3v) is 5.93. The Bertz CT molecular complexity index is 1190. The van der Waals surface area contributed by atoms with Crippen LogP contribution in [0.2, 0.25) is 0 Å². The number of methoxy groups -OCH3 is 1. The fourth-order valence-corrected chi connectivity index (χ4v) is 4.13. The number of esters is 1. The minimum Gasteiger partial charge on any atom is -0.495 e. The number of hydrogen-bond acceptors (Lipinski definition) is 7. The molecule has 188 valence electrons. The van der Waals surface area contributed by atoms with Crippen LogP contribution in [0.4, 0.5) is 16.2 Å². The van der Waals surface area contributed by atoms with E-state index in [0.29, 0.717) is 23.1 Å². The lowest BCUT2D eigenvalue weighted by Crippen LogP contribution is -2.29. The van der Waals surface area contributed by atoms with Crippen molar-refractivity contribution < 1.29 is 23.8 Å². The molecule has 0 saturated heterocycles. The van der Waals surface area contributed by atoms with Gasteiger partial charge in [0.05, 0.1) is 12.8 Å². The van der Waals surface area contributed by atoms with E-state index in [1.54, 1.807) is 19.5 Å². The van der Waals surface area contributed by atoms with Crippen molar-refractivity contribution in [2.45, 2.75) is 51.7 Å². The quantitative estimate of drug-likeness (QED) is 0.429. The number of amides is 2. The molecule has 2 N–H and O–H groups in total. The van der Waals surface area contributed by atoms with Crippen LogP contribution in [0.15, 0.2) is 54.9 Å². The first-order chi connectivity index (χ1) is 17.4. The maximum atomic E-state index is 12.4. The van der Waals surface area contributed by atoms with Crippen molar-refractivity contribution >= 4 is 23.4 Å². The Morgan fingerprint density at radius 2 is 1.56 bits per heavy atom. The van der Waals surface area contributed by atoms with Gasteiger partial charge in [-0.15, -0.1) is 0 Å². The largest absolute Gasteiger partial charge is 0.495 e. The number of nitrogens with zero attached hydrogens (tertiary/aromatic N) is 2. The number of benzene rings is 2. The topological polar surface area (TPSA) is 112 Å². The van der Waals surface area contributed by atoms with Gasteiger partial charge in [0.25, 0.3) is 0 Å². The second-order valence-corrected chi connectivity index (χ2v) is 8.74. The Kier molecular flexibility index (Phi) is 7.99. The lowest BCUT2D eigenvalue weighted by molar-refractivity contribution is -0.148. The molecule has 1 aliphatic carbocycles. The van der Waals surface area contributed by atoms with Crippen LogP contribution < -0.4 is 20.1 Å². The molecule has 2 amide bonds. The lowest BCUT2D eigenvalue weighted by atomic mass is 9.95. The van der Waals surface area contributed by atoms with Crippen LogP contribution >= 0.6 is 0 Å². The van der Waals surface area contributed by atoms with Gasteiger partial charge >= 0.3 is 18.0 Å². The summed E-state index contributed by atoms with van der Waals surface area (Å²) in [6.07, 6.45) is 6.55. The van der Waals surface area contributed by atoms with E-state index in [-0.39, 0.29) is 24.2 Å². The van der Waals surface area contributed by atoms with Crippen molar-refractivity contribution in [3.8, 4) is 22.9 Å². The number of ether oxygens (including phenoxy) is 3. The van der Waals surface area contributed by atoms with E-state index in [1.165, 1.54) is 6.92 Å². The molecule has 1 aromatic heterocycles. The van der Waals surface area contributed by atoms with Crippen LogP contribution in [0.1, 0.15) is 38.2 Å². The molecule has 2 aromatic carbocycles. The molecule has 3 aromatic rings. The molecule has 4 rings (SSSR count). The summed E-state index contributed by atoms with van der Waals surface area (Å²) >= 11 is 0. The van der Waals surface area contributed by atoms with Gasteiger partial charge in [0.15, 0.2) is 0 Å². The Hall–Kier alpha value is -4.14. The summed E-state index contributed by atoms with van der Waals surface area (Å²) in [5.74, 6) is 0.349. The van der Waals surface area contributed by atoms with Gasteiger partial charge in [0.1, 0.15) is 18.0 Å². The number of carbonyl (C=O) groups is 2. The van der Waals surface area contributed by atoms with Gasteiger partial charge in [-0.2, -0.15) is 0 Å². The summed E-state index contributed by atoms with van der Waals surface area (Å²) in [7, 11) is 1.56. The lowest BCUT2D eigenvalue weighted by Gasteiger charge is -2.27. The van der Waals surface area contributed by atoms with Crippen LogP contribution in [0, 0.1) is 6.92 Å². The zero-order valence-electron chi connectivity index (χ0n) is 20.6. The maximum absolute atomic E-state index is 12.4. The molecule has 36 heavy (non-hydrogen) atoms. The number of aromatic nitrogens is 2. The first-order valence-corrected chi connectivity index (χ1v) is 11.9. The minimum atomic E-state index is -0.363. The van der Waals surface area contributed by atoms with Crippen LogP contribution in [0.3, 0.4) is 0 Å². The van der Waals surface area contributed by atoms with E-state index in [2.05, 4.69) is 20.6 Å². The van der Waals surface area contributed by atoms with Gasteiger partial charge in [-0.3, -0.25) is 4.79 Å². The molecular formula is C27H30N4O5. The van der Waals surface area contributed by atoms with Gasteiger partial charge < -0.3 is 24.8 Å². The van der Waals surface area contributed by atoms with Crippen molar-refractivity contribution in [2.24, 2.45) is 0 Å². The number of hydrogen-bond donors (Lipinski definition) is 2. The minimum absolute atomic E-state index is 0.0129. The molecular weight excluding hydrogens is 460 g/mol. The van der Waals surface area contributed by atoms with Gasteiger partial charge in [-0.25, -0.2) is 14.8 Å². The third kappa shape index (κ3) is 6.71. The summed E-state index contributed by atoms with van der Waals surface area (Å²) in [4.78, 5) is 32.2. The molecule has 0 bridgehead atoms. The average Bonchev–Trinajstić information content (AvgIpc) is 2.86. The maximum Gasteiger partial charge on any atom is 0.323 e. The van der Waals surface area contributed by atoms with Crippen molar-refractivity contribution in [3.63, 3.8) is 0 Å². The number of rotatable bonds is 7. The molecule has 1 saturated carbocycles. The first kappa shape index (κ1) is 25.0. The van der Waals surface area contributed by atoms with Gasteiger partial charge in [-0.05, 0) is 68.0 Å². The second kappa shape index (κ2) is 11.5. The van der Waals surface area contributed by atoms with E-state index in [9.17, 15) is 9.59 Å². The highest BCUT2D eigenvalue weighted by atomic mass is 16.5. The highest BCUT2D eigenvalue weighted by Gasteiger charge is 2.24. The van der Waals surface area contributed by atoms with Crippen LogP contribution in [-0.2, 0) is 9.53 Å². The van der Waals surface area contributed by atoms with Gasteiger partial charge in [0, 0.05) is 30.6 Å². The van der Waals surface area contributed by atoms with E-state index in [0.717, 1.165) is 42.4 Å². The molecule has 9 heteroatoms. The second-order valence-electron chi connectivity index (χ2n) is 8.74. The van der Waals surface area contributed by atoms with E-state index in [4.69, 9.17) is 14.2 Å². The molecule has 0 aliphatic heterocycles. The Morgan fingerprint density at radius 3 is 2.19 bits per heavy atom. The molecule has 1 aliphatic rings. The molecule has 0 unspecified atom stereocenters. The van der Waals surface area contributed by atoms with Gasteiger partial charge in [0.2, 0.25) is 0 Å². The van der Waals surface area contributed by atoms with E-state index >= 15 is 0 Å². The molecule has 1 heterocycles. The van der Waals surface area contributed by atoms with E-state index < -0.39 is 0 Å². The van der Waals surface area contributed by atoms with Crippen LogP contribution in [0.25, 0.3) is 11.1 Å². The van der Waals surface area contributed by atoms with Crippen LogP contribution in [-0.4, -0.2) is 41.3 Å². The highest BCUT2D eigenvalue weighted by molar-refractivity contribution is 6.00. The summed E-state index contributed by atoms with van der Waals surface area (Å²) in [6.45, 7) is 3.38.